The first kappa shape index (κ1) is 19.7. The van der Waals surface area contributed by atoms with E-state index in [1.54, 1.807) is 6.92 Å². The number of nitro benzene ring substituents is 1. The van der Waals surface area contributed by atoms with Gasteiger partial charge in [0.05, 0.1) is 16.6 Å². The number of carbonyl (C=O) groups is 1. The molecule has 10 heteroatoms. The van der Waals surface area contributed by atoms with E-state index in [-0.39, 0.29) is 23.7 Å². The van der Waals surface area contributed by atoms with Crippen molar-refractivity contribution in [1.29, 1.82) is 0 Å². The minimum Gasteiger partial charge on any atom is -0.780 e. The van der Waals surface area contributed by atoms with Crippen LogP contribution in [0.15, 0.2) is 18.2 Å². The average Bonchev–Trinajstić information content (AvgIpc) is 2.51. The van der Waals surface area contributed by atoms with Crippen LogP contribution in [0.25, 0.3) is 0 Å². The number of nitrogens with one attached hydrogen (secondary N) is 1. The maximum Gasteiger partial charge on any atom is 0.275 e. The topological polar surface area (TPSA) is 114 Å². The van der Waals surface area contributed by atoms with Crippen molar-refractivity contribution in [1.82, 2.24) is 5.32 Å². The van der Waals surface area contributed by atoms with Crippen LogP contribution < -0.4 is 10.2 Å². The van der Waals surface area contributed by atoms with Gasteiger partial charge in [0.1, 0.15) is 6.72 Å². The molecule has 0 spiro atoms. The molecule has 1 aromatic rings. The lowest BCUT2D eigenvalue weighted by molar-refractivity contribution is -0.386. The molecule has 0 bridgehead atoms. The van der Waals surface area contributed by atoms with Crippen molar-refractivity contribution >= 4 is 30.1 Å². The number of amides is 1. The molecule has 1 N–H and O–H groups in total. The molecule has 128 valence electrons. The first-order chi connectivity index (χ1) is 10.7. The second-order valence-electron chi connectivity index (χ2n) is 4.66. The molecule has 23 heavy (non-hydrogen) atoms. The molecule has 2 atom stereocenters. The summed E-state index contributed by atoms with van der Waals surface area (Å²) in [6.07, 6.45) is -0.563. The third-order valence-electron chi connectivity index (χ3n) is 3.05. The van der Waals surface area contributed by atoms with E-state index in [1.165, 1.54) is 25.1 Å². The molecule has 0 aliphatic carbocycles. The second-order valence-corrected chi connectivity index (χ2v) is 7.47. The van der Waals surface area contributed by atoms with Crippen LogP contribution in [0.1, 0.15) is 37.5 Å². The molecular weight excluding hydrogens is 343 g/mol. The van der Waals surface area contributed by atoms with Crippen LogP contribution in [0.2, 0.25) is 0 Å². The van der Waals surface area contributed by atoms with E-state index in [2.05, 4.69) is 21.6 Å². The number of benzene rings is 1. The summed E-state index contributed by atoms with van der Waals surface area (Å²) in [7, 11) is 1.14. The Morgan fingerprint density at radius 3 is 2.70 bits per heavy atom. The summed E-state index contributed by atoms with van der Waals surface area (Å²) in [6, 6.07) is 4.36. The Kier molecular flexibility index (Phi) is 7.24. The van der Waals surface area contributed by atoms with Crippen LogP contribution >= 0.6 is 6.72 Å². The summed E-state index contributed by atoms with van der Waals surface area (Å²) in [5.74, 6) is -0.136. The fraction of sp³-hybridized carbons (Fsp3) is 0.462. The van der Waals surface area contributed by atoms with Crippen molar-refractivity contribution in [3.63, 3.8) is 0 Å². The van der Waals surface area contributed by atoms with Gasteiger partial charge in [0, 0.05) is 26.1 Å². The second kappa shape index (κ2) is 8.47. The standard InChI is InChI=1S/C13H19N2O6PS/c1-4-13(16)14-8-10-5-6-12(15(17)18)11(7-10)9(2)21-22(19,23)20-3/h5-7,9H,4,8H2,1-3H3,(H,14,16)(H,19,23)/p-1. The minimum absolute atomic E-state index is 0.136. The highest BCUT2D eigenvalue weighted by molar-refractivity contribution is 8.06. The fourth-order valence-corrected chi connectivity index (χ4v) is 2.80. The van der Waals surface area contributed by atoms with Gasteiger partial charge in [-0.1, -0.05) is 24.8 Å². The molecule has 0 saturated heterocycles. The fourth-order valence-electron chi connectivity index (χ4n) is 1.82. The zero-order valence-corrected chi connectivity index (χ0v) is 14.7. The first-order valence-electron chi connectivity index (χ1n) is 6.79. The Morgan fingerprint density at radius 2 is 2.17 bits per heavy atom. The summed E-state index contributed by atoms with van der Waals surface area (Å²) >= 11 is 4.65. The molecule has 1 aromatic carbocycles. The van der Waals surface area contributed by atoms with Gasteiger partial charge in [0.2, 0.25) is 5.91 Å². The average molecular weight is 361 g/mol. The smallest absolute Gasteiger partial charge is 0.275 e. The van der Waals surface area contributed by atoms with Gasteiger partial charge < -0.3 is 19.3 Å². The van der Waals surface area contributed by atoms with E-state index in [4.69, 9.17) is 4.52 Å². The van der Waals surface area contributed by atoms with E-state index in [1.807, 2.05) is 0 Å². The summed E-state index contributed by atoms with van der Waals surface area (Å²) in [6.45, 7) is -0.267. The zero-order chi connectivity index (χ0) is 17.6. The van der Waals surface area contributed by atoms with Crippen molar-refractivity contribution in [3.05, 3.63) is 39.4 Å². The quantitative estimate of drug-likeness (QED) is 0.427. The summed E-state index contributed by atoms with van der Waals surface area (Å²) in [4.78, 5) is 33.6. The monoisotopic (exact) mass is 361 g/mol. The van der Waals surface area contributed by atoms with Crippen molar-refractivity contribution in [2.24, 2.45) is 0 Å². The van der Waals surface area contributed by atoms with E-state index >= 15 is 0 Å². The SMILES string of the molecule is CCC(=O)NCc1ccc([N+](=O)[O-])c(C(C)OP([O-])(=S)OC)c1. The van der Waals surface area contributed by atoms with E-state index in [9.17, 15) is 19.8 Å². The first-order valence-corrected chi connectivity index (χ1v) is 9.34. The van der Waals surface area contributed by atoms with Crippen molar-refractivity contribution < 1.29 is 23.7 Å². The van der Waals surface area contributed by atoms with Crippen molar-refractivity contribution in [2.45, 2.75) is 32.9 Å². The van der Waals surface area contributed by atoms with Crippen LogP contribution in [0, 0.1) is 10.1 Å². The van der Waals surface area contributed by atoms with Gasteiger partial charge in [-0.2, -0.15) is 0 Å². The van der Waals surface area contributed by atoms with Gasteiger partial charge in [-0.25, -0.2) is 0 Å². The predicted molar refractivity (Wildman–Crippen MR) is 86.0 cm³/mol. The molecule has 0 radical (unpaired) electrons. The number of hydrogen-bond acceptors (Lipinski definition) is 7. The summed E-state index contributed by atoms with van der Waals surface area (Å²) < 4.78 is 9.70. The molecule has 1 amide bonds. The van der Waals surface area contributed by atoms with Crippen LogP contribution in [-0.2, 0) is 32.2 Å². The van der Waals surface area contributed by atoms with E-state index in [0.717, 1.165) is 7.11 Å². The highest BCUT2D eigenvalue weighted by Gasteiger charge is 2.22. The molecule has 0 heterocycles. The molecule has 0 aliphatic heterocycles. The van der Waals surface area contributed by atoms with Gasteiger partial charge in [0.15, 0.2) is 0 Å². The van der Waals surface area contributed by atoms with Crippen LogP contribution in [0.5, 0.6) is 0 Å². The van der Waals surface area contributed by atoms with Gasteiger partial charge in [-0.15, -0.1) is 0 Å². The highest BCUT2D eigenvalue weighted by atomic mass is 32.5. The zero-order valence-electron chi connectivity index (χ0n) is 13.0. The normalized spacial score (nSPS) is 14.8. The Morgan fingerprint density at radius 1 is 1.52 bits per heavy atom. The largest absolute Gasteiger partial charge is 0.780 e. The molecule has 0 aromatic heterocycles. The van der Waals surface area contributed by atoms with Gasteiger partial charge in [-0.3, -0.25) is 14.9 Å². The third-order valence-corrected chi connectivity index (χ3v) is 4.78. The van der Waals surface area contributed by atoms with Gasteiger partial charge >= 0.3 is 0 Å². The number of carbonyl (C=O) groups excluding carboxylic acids is 1. The van der Waals surface area contributed by atoms with E-state index in [0.29, 0.717) is 12.0 Å². The summed E-state index contributed by atoms with van der Waals surface area (Å²) in [5.41, 5.74) is 0.675. The van der Waals surface area contributed by atoms with Crippen molar-refractivity contribution in [2.75, 3.05) is 7.11 Å². The Bertz CT molecular complexity index is 639. The van der Waals surface area contributed by atoms with Crippen LogP contribution in [0.4, 0.5) is 5.69 Å². The molecule has 0 saturated carbocycles. The van der Waals surface area contributed by atoms with Crippen LogP contribution in [-0.4, -0.2) is 17.9 Å². The van der Waals surface area contributed by atoms with Crippen LogP contribution in [0.3, 0.4) is 0 Å². The third kappa shape index (κ3) is 5.96. The Labute approximate surface area is 139 Å². The molecular formula is C13H18N2O6PS-. The predicted octanol–water partition coefficient (Wildman–Crippen LogP) is 1.93. The van der Waals surface area contributed by atoms with E-state index < -0.39 is 17.7 Å². The molecule has 1 rings (SSSR count). The highest BCUT2D eigenvalue weighted by Crippen LogP contribution is 2.44. The maximum absolute atomic E-state index is 11.7. The molecule has 0 fully saturated rings. The van der Waals surface area contributed by atoms with Gasteiger partial charge in [0.25, 0.3) is 5.69 Å². The van der Waals surface area contributed by atoms with Crippen molar-refractivity contribution in [3.8, 4) is 0 Å². The minimum atomic E-state index is -3.71. The maximum atomic E-state index is 11.7. The lowest BCUT2D eigenvalue weighted by atomic mass is 10.0. The number of nitro groups is 1. The van der Waals surface area contributed by atoms with Gasteiger partial charge in [-0.05, 0) is 18.6 Å². The number of hydrogen-bond donors (Lipinski definition) is 1. The lowest BCUT2D eigenvalue weighted by Crippen LogP contribution is -2.21. The Hall–Kier alpha value is -1.38. The molecule has 8 nitrogen and oxygen atoms in total. The lowest BCUT2D eigenvalue weighted by Gasteiger charge is -2.29. The molecule has 0 aliphatic rings. The molecule has 2 unspecified atom stereocenters. The summed E-state index contributed by atoms with van der Waals surface area (Å²) in [5, 5.41) is 13.8. The number of nitrogens with zero attached hydrogens (tertiary/aromatic N) is 1. The number of rotatable bonds is 8. The Balaban J connectivity index is 3.08.